The Morgan fingerprint density at radius 2 is 1.52 bits per heavy atom. The van der Waals surface area contributed by atoms with Crippen molar-refractivity contribution in [3.8, 4) is 11.1 Å². The minimum atomic E-state index is -3.58. The fourth-order valence-electron chi connectivity index (χ4n) is 4.24. The fraction of sp³-hybridized carbons (Fsp3) is 0.522. The maximum Gasteiger partial charge on any atom is 0.243 e. The Hall–Kier alpha value is -2.03. The minimum absolute atomic E-state index is 0.238. The number of rotatable bonds is 5. The molecule has 4 rings (SSSR count). The number of piperidine rings is 1. The molecule has 1 aromatic heterocycles. The van der Waals surface area contributed by atoms with E-state index in [0.717, 1.165) is 43.1 Å². The van der Waals surface area contributed by atoms with Gasteiger partial charge in [-0.3, -0.25) is 4.90 Å². The number of sulfonamides is 1. The monoisotopic (exact) mass is 446 g/mol. The molecule has 0 radical (unpaired) electrons. The van der Waals surface area contributed by atoms with E-state index in [9.17, 15) is 12.8 Å². The summed E-state index contributed by atoms with van der Waals surface area (Å²) in [5.74, 6) is 0.975. The number of hydrogen-bond donors (Lipinski definition) is 0. The van der Waals surface area contributed by atoms with Crippen LogP contribution < -0.4 is 4.90 Å². The molecule has 8 heteroatoms. The summed E-state index contributed by atoms with van der Waals surface area (Å²) in [7, 11) is -3.58. The first-order chi connectivity index (χ1) is 14.8. The summed E-state index contributed by atoms with van der Waals surface area (Å²) < 4.78 is 40.4. The van der Waals surface area contributed by atoms with Gasteiger partial charge in [-0.25, -0.2) is 17.8 Å². The van der Waals surface area contributed by atoms with Crippen LogP contribution in [0, 0.1) is 0 Å². The van der Waals surface area contributed by atoms with Gasteiger partial charge in [0.15, 0.2) is 0 Å². The zero-order valence-electron chi connectivity index (χ0n) is 18.2. The van der Waals surface area contributed by atoms with Crippen LogP contribution in [0.25, 0.3) is 11.1 Å². The predicted octanol–water partition coefficient (Wildman–Crippen LogP) is 3.40. The van der Waals surface area contributed by atoms with E-state index >= 15 is 0 Å². The molecule has 0 unspecified atom stereocenters. The number of piperazine rings is 1. The van der Waals surface area contributed by atoms with Gasteiger partial charge in [0.1, 0.15) is 12.0 Å². The average molecular weight is 447 g/mol. The van der Waals surface area contributed by atoms with Crippen molar-refractivity contribution in [2.45, 2.75) is 43.8 Å². The molecule has 2 aliphatic rings. The summed E-state index contributed by atoms with van der Waals surface area (Å²) in [5.41, 5.74) is 1.87. The van der Waals surface area contributed by atoms with Gasteiger partial charge in [-0.15, -0.1) is 0 Å². The van der Waals surface area contributed by atoms with Gasteiger partial charge >= 0.3 is 0 Å². The highest BCUT2D eigenvalue weighted by atomic mass is 32.2. The van der Waals surface area contributed by atoms with E-state index in [1.807, 2.05) is 30.5 Å². The van der Waals surface area contributed by atoms with Crippen molar-refractivity contribution in [1.29, 1.82) is 0 Å². The Labute approximate surface area is 184 Å². The first-order valence-electron chi connectivity index (χ1n) is 11.0. The molecule has 1 aromatic carbocycles. The summed E-state index contributed by atoms with van der Waals surface area (Å²) in [6.07, 6.45) is 1.48. The zero-order chi connectivity index (χ0) is 22.0. The van der Waals surface area contributed by atoms with Gasteiger partial charge in [-0.1, -0.05) is 12.1 Å². The molecule has 0 aliphatic carbocycles. The maximum absolute atomic E-state index is 13.4. The number of alkyl halides is 1. The third-order valence-corrected chi connectivity index (χ3v) is 8.24. The van der Waals surface area contributed by atoms with Crippen LogP contribution >= 0.6 is 0 Å². The van der Waals surface area contributed by atoms with E-state index < -0.39 is 16.2 Å². The van der Waals surface area contributed by atoms with E-state index in [4.69, 9.17) is 0 Å². The fourth-order valence-corrected chi connectivity index (χ4v) is 5.71. The Bertz CT molecular complexity index is 964. The topological polar surface area (TPSA) is 56.8 Å². The van der Waals surface area contributed by atoms with Crippen LogP contribution in [0.2, 0.25) is 0 Å². The van der Waals surface area contributed by atoms with Crippen molar-refractivity contribution in [1.82, 2.24) is 14.2 Å². The van der Waals surface area contributed by atoms with Crippen LogP contribution in [-0.2, 0) is 10.0 Å². The molecule has 0 N–H and O–H groups in total. The number of nitrogens with zero attached hydrogens (tertiary/aromatic N) is 4. The second-order valence-corrected chi connectivity index (χ2v) is 10.6. The molecule has 31 heavy (non-hydrogen) atoms. The molecule has 2 aliphatic heterocycles. The second kappa shape index (κ2) is 9.22. The van der Waals surface area contributed by atoms with Crippen molar-refractivity contribution < 1.29 is 12.8 Å². The Morgan fingerprint density at radius 3 is 2.06 bits per heavy atom. The molecule has 3 heterocycles. The molecule has 2 aromatic rings. The van der Waals surface area contributed by atoms with Crippen molar-refractivity contribution >= 4 is 15.8 Å². The first kappa shape index (κ1) is 22.2. The summed E-state index contributed by atoms with van der Waals surface area (Å²) in [5, 5.41) is 0. The highest BCUT2D eigenvalue weighted by Crippen LogP contribution is 2.26. The van der Waals surface area contributed by atoms with E-state index in [1.54, 1.807) is 12.1 Å². The Morgan fingerprint density at radius 1 is 0.903 bits per heavy atom. The quantitative estimate of drug-likeness (QED) is 0.705. The molecule has 0 atom stereocenters. The van der Waals surface area contributed by atoms with Gasteiger partial charge < -0.3 is 4.90 Å². The number of pyridine rings is 1. The van der Waals surface area contributed by atoms with E-state index in [0.29, 0.717) is 6.04 Å². The lowest BCUT2D eigenvalue weighted by molar-refractivity contribution is 0.209. The lowest BCUT2D eigenvalue weighted by Crippen LogP contribution is -2.49. The highest BCUT2D eigenvalue weighted by molar-refractivity contribution is 7.89. The lowest BCUT2D eigenvalue weighted by atomic mass is 10.1. The molecular weight excluding hydrogens is 415 g/mol. The van der Waals surface area contributed by atoms with Gasteiger partial charge in [0.2, 0.25) is 10.0 Å². The van der Waals surface area contributed by atoms with Gasteiger partial charge in [-0.05, 0) is 56.5 Å². The molecule has 0 bridgehead atoms. The van der Waals surface area contributed by atoms with Crippen molar-refractivity contribution in [2.75, 3.05) is 44.2 Å². The Kier molecular flexibility index (Phi) is 6.60. The second-order valence-electron chi connectivity index (χ2n) is 8.62. The van der Waals surface area contributed by atoms with Crippen LogP contribution in [0.1, 0.15) is 26.7 Å². The standard InChI is InChI=1S/C23H31FN4O2S/c1-18(2)26-13-15-27(16-14-26)23-8-5-20(17-25-23)19-3-6-22(7-4-19)31(29,30)28-11-9-21(24)10-12-28/h3-8,17-18,21H,9-16H2,1-2H3. The summed E-state index contributed by atoms with van der Waals surface area (Å²) >= 11 is 0. The zero-order valence-corrected chi connectivity index (χ0v) is 19.1. The van der Waals surface area contributed by atoms with Crippen molar-refractivity contribution in [3.05, 3.63) is 42.6 Å². The molecule has 2 saturated heterocycles. The lowest BCUT2D eigenvalue weighted by Gasteiger charge is -2.37. The predicted molar refractivity (Wildman–Crippen MR) is 121 cm³/mol. The maximum atomic E-state index is 13.4. The molecule has 6 nitrogen and oxygen atoms in total. The highest BCUT2D eigenvalue weighted by Gasteiger charge is 2.29. The number of benzene rings is 1. The van der Waals surface area contributed by atoms with Gasteiger partial charge in [0, 0.05) is 57.1 Å². The number of aromatic nitrogens is 1. The normalized spacial score (nSPS) is 19.8. The van der Waals surface area contributed by atoms with E-state index in [1.165, 1.54) is 4.31 Å². The SMILES string of the molecule is CC(C)N1CCN(c2ccc(-c3ccc(S(=O)(=O)N4CCC(F)CC4)cc3)cn2)CC1. The van der Waals surface area contributed by atoms with Gasteiger partial charge in [-0.2, -0.15) is 4.31 Å². The van der Waals surface area contributed by atoms with Crippen molar-refractivity contribution in [3.63, 3.8) is 0 Å². The Balaban J connectivity index is 1.42. The summed E-state index contributed by atoms with van der Waals surface area (Å²) in [6, 6.07) is 11.5. The molecular formula is C23H31FN4O2S. The summed E-state index contributed by atoms with van der Waals surface area (Å²) in [6.45, 7) is 8.95. The molecule has 0 amide bonds. The summed E-state index contributed by atoms with van der Waals surface area (Å²) in [4.78, 5) is 9.67. The van der Waals surface area contributed by atoms with E-state index in [-0.39, 0.29) is 30.8 Å². The smallest absolute Gasteiger partial charge is 0.243 e. The van der Waals surface area contributed by atoms with Crippen LogP contribution in [0.4, 0.5) is 10.2 Å². The van der Waals surface area contributed by atoms with Crippen LogP contribution in [0.5, 0.6) is 0 Å². The molecule has 0 spiro atoms. The molecule has 168 valence electrons. The third kappa shape index (κ3) is 4.91. The van der Waals surface area contributed by atoms with Crippen LogP contribution in [-0.4, -0.2) is 74.1 Å². The third-order valence-electron chi connectivity index (χ3n) is 6.33. The molecule has 2 fully saturated rings. The van der Waals surface area contributed by atoms with Crippen molar-refractivity contribution in [2.24, 2.45) is 0 Å². The van der Waals surface area contributed by atoms with Crippen LogP contribution in [0.3, 0.4) is 0 Å². The van der Waals surface area contributed by atoms with E-state index in [2.05, 4.69) is 28.6 Å². The van der Waals surface area contributed by atoms with Gasteiger partial charge in [0.05, 0.1) is 4.90 Å². The number of anilines is 1. The molecule has 0 saturated carbocycles. The average Bonchev–Trinajstić information content (AvgIpc) is 2.80. The van der Waals surface area contributed by atoms with Crippen LogP contribution in [0.15, 0.2) is 47.5 Å². The largest absolute Gasteiger partial charge is 0.354 e. The number of hydrogen-bond acceptors (Lipinski definition) is 5. The minimum Gasteiger partial charge on any atom is -0.354 e. The first-order valence-corrected chi connectivity index (χ1v) is 12.5. The number of halogens is 1. The van der Waals surface area contributed by atoms with Gasteiger partial charge in [0.25, 0.3) is 0 Å².